The van der Waals surface area contributed by atoms with E-state index in [4.69, 9.17) is 4.42 Å². The number of rotatable bonds is 7. The molecule has 36 heavy (non-hydrogen) atoms. The van der Waals surface area contributed by atoms with Crippen molar-refractivity contribution in [2.24, 2.45) is 0 Å². The van der Waals surface area contributed by atoms with Gasteiger partial charge in [0.15, 0.2) is 9.84 Å². The standard InChI is InChI=1S/C25H23N3O7S/c1-16-4-6-18(7-5-16)24(29)26-21(25(30)27-23-3-2-14-36(23,33)34)15-20-12-13-22(35-20)17-8-10-19(11-9-17)28(31)32/h4-13,15,23H,2-3,14H2,1H3,(H,26,29)(H,27,30)/b21-15+/t23-/m1/s1. The lowest BCUT2D eigenvalue weighted by Crippen LogP contribution is -2.42. The number of nitrogens with zero attached hydrogens (tertiary/aromatic N) is 1. The summed E-state index contributed by atoms with van der Waals surface area (Å²) in [5.74, 6) is -0.720. The molecule has 1 atom stereocenters. The molecule has 1 aromatic heterocycles. The molecule has 3 aromatic rings. The van der Waals surface area contributed by atoms with Gasteiger partial charge in [-0.3, -0.25) is 19.7 Å². The summed E-state index contributed by atoms with van der Waals surface area (Å²) < 4.78 is 30.2. The molecule has 2 heterocycles. The molecule has 11 heteroatoms. The minimum absolute atomic E-state index is 0.0104. The van der Waals surface area contributed by atoms with Crippen molar-refractivity contribution < 1.29 is 27.3 Å². The number of hydrogen-bond acceptors (Lipinski definition) is 7. The van der Waals surface area contributed by atoms with Crippen LogP contribution in [0.3, 0.4) is 0 Å². The Morgan fingerprint density at radius 2 is 1.75 bits per heavy atom. The lowest BCUT2D eigenvalue weighted by atomic mass is 10.1. The summed E-state index contributed by atoms with van der Waals surface area (Å²) in [5.41, 5.74) is 1.60. The van der Waals surface area contributed by atoms with Crippen LogP contribution >= 0.6 is 0 Å². The average Bonchev–Trinajstić information content (AvgIpc) is 3.45. The first kappa shape index (κ1) is 24.9. The van der Waals surface area contributed by atoms with Crippen molar-refractivity contribution in [2.45, 2.75) is 25.1 Å². The normalized spacial score (nSPS) is 16.9. The summed E-state index contributed by atoms with van der Waals surface area (Å²) in [6, 6.07) is 15.7. The van der Waals surface area contributed by atoms with Gasteiger partial charge in [0.1, 0.15) is 22.6 Å². The Balaban J connectivity index is 1.61. The first-order valence-electron chi connectivity index (χ1n) is 11.1. The molecule has 0 aliphatic carbocycles. The molecule has 186 valence electrons. The number of nitro benzene ring substituents is 1. The summed E-state index contributed by atoms with van der Waals surface area (Å²) in [7, 11) is -3.46. The van der Waals surface area contributed by atoms with Gasteiger partial charge < -0.3 is 15.1 Å². The van der Waals surface area contributed by atoms with E-state index in [1.807, 2.05) is 6.92 Å². The van der Waals surface area contributed by atoms with E-state index in [0.29, 0.717) is 23.3 Å². The van der Waals surface area contributed by atoms with Crippen LogP contribution in [0.5, 0.6) is 0 Å². The molecule has 2 amide bonds. The zero-order valence-corrected chi connectivity index (χ0v) is 20.1. The zero-order chi connectivity index (χ0) is 25.9. The molecule has 0 unspecified atom stereocenters. The van der Waals surface area contributed by atoms with E-state index < -0.39 is 31.9 Å². The van der Waals surface area contributed by atoms with Crippen LogP contribution in [0.1, 0.15) is 34.5 Å². The molecule has 4 rings (SSSR count). The summed E-state index contributed by atoms with van der Waals surface area (Å²) >= 11 is 0. The van der Waals surface area contributed by atoms with Crippen LogP contribution in [0, 0.1) is 17.0 Å². The maximum atomic E-state index is 13.0. The molecule has 1 saturated heterocycles. The molecule has 0 radical (unpaired) electrons. The number of carbonyl (C=O) groups is 2. The molecule has 1 aliphatic rings. The molecule has 2 aromatic carbocycles. The number of amides is 2. The van der Waals surface area contributed by atoms with Gasteiger partial charge in [0.05, 0.1) is 10.7 Å². The number of benzene rings is 2. The number of hydrogen-bond donors (Lipinski definition) is 2. The Kier molecular flexibility index (Phi) is 7.02. The SMILES string of the molecule is Cc1ccc(C(=O)N/C(=C/c2ccc(-c3ccc([N+](=O)[O-])cc3)o2)C(=O)N[C@H]2CCCS2(=O)=O)cc1. The van der Waals surface area contributed by atoms with Crippen molar-refractivity contribution in [1.29, 1.82) is 0 Å². The van der Waals surface area contributed by atoms with E-state index in [1.54, 1.807) is 36.4 Å². The molecule has 2 N–H and O–H groups in total. The maximum Gasteiger partial charge on any atom is 0.269 e. The molecule has 1 aliphatic heterocycles. The highest BCUT2D eigenvalue weighted by Crippen LogP contribution is 2.25. The van der Waals surface area contributed by atoms with E-state index >= 15 is 0 Å². The van der Waals surface area contributed by atoms with Gasteiger partial charge in [-0.05, 0) is 56.2 Å². The molecular formula is C25H23N3O7S. The Hall–Kier alpha value is -4.25. The third kappa shape index (κ3) is 5.69. The third-order valence-corrected chi connectivity index (χ3v) is 7.78. The Bertz CT molecular complexity index is 1440. The fourth-order valence-electron chi connectivity index (χ4n) is 3.71. The zero-order valence-electron chi connectivity index (χ0n) is 19.3. The summed E-state index contributed by atoms with van der Waals surface area (Å²) in [6.07, 6.45) is 2.04. The van der Waals surface area contributed by atoms with Crippen molar-refractivity contribution >= 4 is 33.4 Å². The topological polar surface area (TPSA) is 149 Å². The molecule has 0 saturated carbocycles. The van der Waals surface area contributed by atoms with Crippen molar-refractivity contribution in [2.75, 3.05) is 5.75 Å². The number of aryl methyl sites for hydroxylation is 1. The number of furan rings is 1. The summed E-state index contributed by atoms with van der Waals surface area (Å²) in [5, 5.41) is 14.9. The van der Waals surface area contributed by atoms with Gasteiger partial charge in [-0.1, -0.05) is 17.7 Å². The van der Waals surface area contributed by atoms with Crippen LogP contribution in [0.25, 0.3) is 17.4 Å². The fourth-order valence-corrected chi connectivity index (χ4v) is 5.38. The highest BCUT2D eigenvalue weighted by Gasteiger charge is 2.33. The molecular weight excluding hydrogens is 486 g/mol. The van der Waals surface area contributed by atoms with Gasteiger partial charge in [0.25, 0.3) is 17.5 Å². The van der Waals surface area contributed by atoms with E-state index in [1.165, 1.54) is 30.3 Å². The van der Waals surface area contributed by atoms with Gasteiger partial charge in [-0.25, -0.2) is 8.42 Å². The van der Waals surface area contributed by atoms with Crippen LogP contribution < -0.4 is 10.6 Å². The van der Waals surface area contributed by atoms with Crippen LogP contribution in [0.2, 0.25) is 0 Å². The minimum Gasteiger partial charge on any atom is -0.457 e. The second-order valence-electron chi connectivity index (χ2n) is 8.36. The quantitative estimate of drug-likeness (QED) is 0.281. The highest BCUT2D eigenvalue weighted by atomic mass is 32.2. The van der Waals surface area contributed by atoms with Crippen LogP contribution in [-0.2, 0) is 14.6 Å². The maximum absolute atomic E-state index is 13.0. The molecule has 10 nitrogen and oxygen atoms in total. The number of nitro groups is 1. The van der Waals surface area contributed by atoms with Crippen molar-refractivity contribution in [3.8, 4) is 11.3 Å². The first-order chi connectivity index (χ1) is 17.1. The third-order valence-electron chi connectivity index (χ3n) is 5.70. The predicted octanol–water partition coefficient (Wildman–Crippen LogP) is 3.59. The number of non-ortho nitro benzene ring substituents is 1. The Morgan fingerprint density at radius 1 is 1.06 bits per heavy atom. The summed E-state index contributed by atoms with van der Waals surface area (Å²) in [4.78, 5) is 36.2. The minimum atomic E-state index is -3.46. The monoisotopic (exact) mass is 509 g/mol. The van der Waals surface area contributed by atoms with Gasteiger partial charge >= 0.3 is 0 Å². The van der Waals surface area contributed by atoms with E-state index in [-0.39, 0.29) is 29.3 Å². The largest absolute Gasteiger partial charge is 0.457 e. The van der Waals surface area contributed by atoms with E-state index in [2.05, 4.69) is 10.6 Å². The second kappa shape index (κ2) is 10.2. The molecule has 0 spiro atoms. The number of carbonyl (C=O) groups excluding carboxylic acids is 2. The molecule has 1 fully saturated rings. The summed E-state index contributed by atoms with van der Waals surface area (Å²) in [6.45, 7) is 1.88. The van der Waals surface area contributed by atoms with Crippen LogP contribution in [0.15, 0.2) is 70.8 Å². The molecule has 0 bridgehead atoms. The van der Waals surface area contributed by atoms with E-state index in [9.17, 15) is 28.1 Å². The van der Waals surface area contributed by atoms with Crippen LogP contribution in [-0.4, -0.2) is 36.3 Å². The van der Waals surface area contributed by atoms with Gasteiger partial charge in [-0.15, -0.1) is 0 Å². The first-order valence-corrected chi connectivity index (χ1v) is 12.8. The number of nitrogens with one attached hydrogen (secondary N) is 2. The second-order valence-corrected chi connectivity index (χ2v) is 10.7. The van der Waals surface area contributed by atoms with Gasteiger partial charge in [0.2, 0.25) is 0 Å². The van der Waals surface area contributed by atoms with Gasteiger partial charge in [-0.2, -0.15) is 0 Å². The average molecular weight is 510 g/mol. The predicted molar refractivity (Wildman–Crippen MR) is 132 cm³/mol. The van der Waals surface area contributed by atoms with Crippen molar-refractivity contribution in [1.82, 2.24) is 10.6 Å². The lowest BCUT2D eigenvalue weighted by Gasteiger charge is -2.15. The lowest BCUT2D eigenvalue weighted by molar-refractivity contribution is -0.384. The fraction of sp³-hybridized carbons (Fsp3) is 0.200. The highest BCUT2D eigenvalue weighted by molar-refractivity contribution is 7.92. The Morgan fingerprint density at radius 3 is 2.36 bits per heavy atom. The smallest absolute Gasteiger partial charge is 0.269 e. The Labute approximate surface area is 207 Å². The number of sulfone groups is 1. The van der Waals surface area contributed by atoms with E-state index in [0.717, 1.165) is 5.56 Å². The van der Waals surface area contributed by atoms with Gasteiger partial charge in [0, 0.05) is 29.3 Å². The van der Waals surface area contributed by atoms with Crippen LogP contribution in [0.4, 0.5) is 5.69 Å². The van der Waals surface area contributed by atoms with Crippen molar-refractivity contribution in [3.63, 3.8) is 0 Å². The van der Waals surface area contributed by atoms with Crippen molar-refractivity contribution in [3.05, 3.63) is 93.4 Å².